The molecule has 6 aromatic rings. The Morgan fingerprint density at radius 2 is 0.686 bits per heavy atom. The number of hydrogen-bond acceptors (Lipinski definition) is 28. The number of carbonyl (C=O) groups excluding carboxylic acids is 10. The van der Waals surface area contributed by atoms with Gasteiger partial charge in [0.25, 0.3) is 0 Å². The van der Waals surface area contributed by atoms with Crippen molar-refractivity contribution in [1.82, 2.24) is 45.8 Å². The molecular weight excluding hydrogens is 1770 g/mol. The van der Waals surface area contributed by atoms with Gasteiger partial charge in [0.2, 0.25) is 49.9 Å². The molecular formula is C98H118LiN9O29. The number of carboxylic acids is 2. The molecule has 21 rings (SSSR count). The molecule has 12 heterocycles. The Bertz CT molecular complexity index is 5170. The van der Waals surface area contributed by atoms with E-state index < -0.39 is 78.3 Å². The molecule has 8 amide bonds. The number of amides is 8. The number of rotatable bonds is 27. The van der Waals surface area contributed by atoms with Crippen LogP contribution in [-0.2, 0) is 105 Å². The monoisotopic (exact) mass is 1890 g/mol. The Hall–Kier alpha value is -12.4. The van der Waals surface area contributed by atoms with Gasteiger partial charge in [-0.05, 0) is 220 Å². The van der Waals surface area contributed by atoms with Gasteiger partial charge < -0.3 is 128 Å². The summed E-state index contributed by atoms with van der Waals surface area (Å²) in [4.78, 5) is 161. The summed E-state index contributed by atoms with van der Waals surface area (Å²) < 4.78 is 74.0. The summed E-state index contributed by atoms with van der Waals surface area (Å²) in [6, 6.07) is 32.9. The first-order chi connectivity index (χ1) is 65.5. The van der Waals surface area contributed by atoms with E-state index in [4.69, 9.17) is 71.4 Å². The molecule has 730 valence electrons. The molecule has 6 bridgehead atoms. The molecule has 137 heavy (non-hydrogen) atoms. The average Bonchev–Trinajstić information content (AvgIpc) is 1.58. The predicted octanol–water partition coefficient (Wildman–Crippen LogP) is 5.12. The van der Waals surface area contributed by atoms with E-state index in [1.807, 2.05) is 48.5 Å². The molecule has 0 aromatic heterocycles. The number of hydrogen-bond donors (Lipinski definition) is 6. The summed E-state index contributed by atoms with van der Waals surface area (Å²) in [6.07, 6.45) is 12.5. The molecule has 9 saturated heterocycles. The molecule has 7 N–H and O–H groups in total. The summed E-state index contributed by atoms with van der Waals surface area (Å²) in [7, 11) is 2.60. The quantitative estimate of drug-likeness (QED) is 0.0288. The fraction of sp³-hybridized carbons (Fsp3) is 0.510. The van der Waals surface area contributed by atoms with E-state index in [1.54, 1.807) is 103 Å². The molecule has 3 aliphatic carbocycles. The van der Waals surface area contributed by atoms with Crippen LogP contribution in [0.1, 0.15) is 130 Å². The van der Waals surface area contributed by atoms with E-state index >= 15 is 0 Å². The Morgan fingerprint density at radius 1 is 0.380 bits per heavy atom. The van der Waals surface area contributed by atoms with E-state index in [1.165, 1.54) is 14.2 Å². The van der Waals surface area contributed by atoms with Crippen molar-refractivity contribution < 1.29 is 158 Å². The van der Waals surface area contributed by atoms with Gasteiger partial charge in [0.05, 0.1) is 59.9 Å². The van der Waals surface area contributed by atoms with Crippen LogP contribution in [0.4, 0.5) is 14.4 Å². The van der Waals surface area contributed by atoms with Gasteiger partial charge in [-0.1, -0.05) is 54.6 Å². The number of carboxylic acid groups (broad SMARTS) is 2. The van der Waals surface area contributed by atoms with Crippen molar-refractivity contribution in [3.8, 4) is 51.7 Å². The van der Waals surface area contributed by atoms with Crippen LogP contribution in [-0.4, -0.2) is 280 Å². The van der Waals surface area contributed by atoms with Gasteiger partial charge in [-0.3, -0.25) is 28.8 Å². The van der Waals surface area contributed by atoms with Crippen molar-refractivity contribution in [2.24, 2.45) is 17.8 Å². The Labute approximate surface area is 804 Å². The van der Waals surface area contributed by atoms with Gasteiger partial charge >= 0.3 is 61.0 Å². The van der Waals surface area contributed by atoms with Crippen molar-refractivity contribution >= 4 is 71.7 Å². The van der Waals surface area contributed by atoms with E-state index in [0.29, 0.717) is 162 Å². The number of ether oxygens (including phenoxy) is 14. The first-order valence-corrected chi connectivity index (χ1v) is 46.5. The minimum atomic E-state index is -1.18. The van der Waals surface area contributed by atoms with Crippen LogP contribution >= 0.6 is 0 Å². The molecule has 6 aromatic carbocycles. The third kappa shape index (κ3) is 27.1. The number of aliphatic carboxylic acids is 2. The summed E-state index contributed by atoms with van der Waals surface area (Å²) in [5, 5.41) is 30.4. The van der Waals surface area contributed by atoms with Crippen molar-refractivity contribution in [2.45, 2.75) is 189 Å². The maximum Gasteiger partial charge on any atom is 1.00 e. The largest absolute Gasteiger partial charge is 1.00 e. The number of fused-ring (bicyclic) bond motifs is 12. The zero-order valence-corrected chi connectivity index (χ0v) is 77.2. The third-order valence-corrected chi connectivity index (χ3v) is 26.7. The predicted molar refractivity (Wildman–Crippen MR) is 481 cm³/mol. The van der Waals surface area contributed by atoms with Crippen molar-refractivity contribution in [1.29, 1.82) is 0 Å². The van der Waals surface area contributed by atoms with Crippen LogP contribution < -0.4 is 82.8 Å². The number of aryl methyl sites for hydroxylation is 3. The van der Waals surface area contributed by atoms with Crippen LogP contribution in [0, 0.1) is 17.8 Å². The molecule has 12 aliphatic heterocycles. The van der Waals surface area contributed by atoms with Gasteiger partial charge in [0.1, 0.15) is 47.5 Å². The van der Waals surface area contributed by atoms with Crippen molar-refractivity contribution in [2.75, 3.05) is 114 Å². The van der Waals surface area contributed by atoms with Gasteiger partial charge in [0, 0.05) is 95.9 Å². The zero-order valence-electron chi connectivity index (χ0n) is 77.2. The third-order valence-electron chi connectivity index (χ3n) is 26.7. The second-order valence-electron chi connectivity index (χ2n) is 35.4. The summed E-state index contributed by atoms with van der Waals surface area (Å²) in [6.45, 7) is 6.40. The molecule has 0 radical (unpaired) electrons. The number of nitrogens with one attached hydrogen (secondary N) is 4. The molecule has 3 saturated carbocycles. The molecule has 12 fully saturated rings. The number of esters is 2. The van der Waals surface area contributed by atoms with Gasteiger partial charge in [-0.2, -0.15) is 0 Å². The van der Waals surface area contributed by atoms with E-state index in [-0.39, 0.29) is 137 Å². The normalized spacial score (nSPS) is 22.0. The summed E-state index contributed by atoms with van der Waals surface area (Å²) in [5.74, 6) is 1.51. The Kier molecular flexibility index (Phi) is 36.5. The molecule has 38 nitrogen and oxygen atoms in total. The van der Waals surface area contributed by atoms with Crippen LogP contribution in [0.5, 0.6) is 51.7 Å². The van der Waals surface area contributed by atoms with Crippen LogP contribution in [0.3, 0.4) is 0 Å². The van der Waals surface area contributed by atoms with Crippen LogP contribution in [0.2, 0.25) is 0 Å². The maximum absolute atomic E-state index is 13.8. The number of methoxy groups -OCH3 is 2. The first-order valence-electron chi connectivity index (χ1n) is 46.5. The summed E-state index contributed by atoms with van der Waals surface area (Å²) in [5.41, 5.74) is 5.09. The van der Waals surface area contributed by atoms with Gasteiger partial charge in [-0.15, -0.1) is 0 Å². The number of piperidine rings is 6. The van der Waals surface area contributed by atoms with Crippen LogP contribution in [0.15, 0.2) is 127 Å². The Balaban J connectivity index is 0.000000162. The molecule has 15 aliphatic rings. The van der Waals surface area contributed by atoms with Gasteiger partial charge in [0.15, 0.2) is 34.5 Å². The maximum atomic E-state index is 13.8. The van der Waals surface area contributed by atoms with Gasteiger partial charge in [-0.25, -0.2) is 28.8 Å². The SMILES string of the molecule is COC(=O)[C@H](Cc1ccc(OC(=O)N2CCOCC2)cc1)NC(=O)C1C2CCC(CC2)N1C(=O)CCc1ccc2c(c1)OCO2.COC(=O)[C@H](Cc1ccc(OC(=O)N2CCOCC2)cc1)NC(=O)C1NC2CCC1CC2.O=C(N[C@@H](Cc1ccc(OC(=O)N2CCOCC2)cc1)C(=O)O)C1C2CCC(CC2)N1C(=O)CCc1ccc2c(c1)OCO2.O=C(O)CCc1ccc2c(c1)OCO2.[Li+].[OH-]. The first kappa shape index (κ1) is 102. The number of nitrogens with zero attached hydrogens (tertiary/aromatic N) is 5. The molecule has 3 unspecified atom stereocenters. The van der Waals surface area contributed by atoms with E-state index in [9.17, 15) is 62.6 Å². The standard InChI is InChI=1S/C33H39N3O9.C32H37N3O9.C23H31N3O6.C10H10O4.Li.H2O/c1-41-32(39)26(18-21-2-10-25(11-3-21)45-33(40)35-14-16-42-17-15-35)34-31(38)30-23-6-8-24(9-7-23)36(30)29(37)13-5-22-4-12-27-28(19-22)44-20-43-27;36-28(12-4-21-3-11-26-27(18-21)43-19-42-26)35-23-7-5-22(6-8-23)29(35)30(37)33-25(31(38)39)17-20-1-9-24(10-2-20)44-32(40)34-13-15-41-16-14-34;1-30-22(28)19(25-21(27)20-16-4-6-17(24-20)7-5-16)14-15-2-8-18(9-3-15)32-23(29)26-10-12-31-13-11-26;11-10(12)4-2-7-1-3-8-9(5-7)14-6-13-8;;/h2-4,10-12,19,23-24,26,30H,5-9,13-18,20H2,1H3,(H,34,38);1-3,9-11,18,22-23,25,29H,4-8,12-17,19H2,(H,33,37)(H,38,39);2-3,8-9,16-17,19-20,24H,4-7,10-14H2,1H3,(H,25,27);1,3,5H,2,4,6H2,(H,11,12);;1H2/q;;;;+1;/p-1/t23?,24?,26-,30?;22?,23?,25-,29?;16?,17?,19-,20?;;;/m000.../s1. The molecule has 6 atom stereocenters. The average molecular weight is 1890 g/mol. The topological polar surface area (TPSA) is 469 Å². The minimum absolute atomic E-state index is 0. The molecule has 0 spiro atoms. The number of carbonyl (C=O) groups is 12. The van der Waals surface area contributed by atoms with E-state index in [0.717, 1.165) is 111 Å². The summed E-state index contributed by atoms with van der Waals surface area (Å²) >= 11 is 0. The smallest absolute Gasteiger partial charge is 0.870 e. The fourth-order valence-electron chi connectivity index (χ4n) is 19.5. The second-order valence-corrected chi connectivity index (χ2v) is 35.4. The van der Waals surface area contributed by atoms with Crippen molar-refractivity contribution in [3.05, 3.63) is 161 Å². The molecule has 39 heteroatoms. The Morgan fingerprint density at radius 3 is 1.01 bits per heavy atom. The van der Waals surface area contributed by atoms with Crippen LogP contribution in [0.25, 0.3) is 0 Å². The zero-order chi connectivity index (χ0) is 94.4. The number of morpholine rings is 3. The second kappa shape index (κ2) is 49.0. The van der Waals surface area contributed by atoms with Crippen molar-refractivity contribution in [3.63, 3.8) is 0 Å². The number of benzene rings is 6. The fourth-order valence-corrected chi connectivity index (χ4v) is 19.5. The minimum Gasteiger partial charge on any atom is -0.870 e. The van der Waals surface area contributed by atoms with E-state index in [2.05, 4.69) is 21.3 Å².